The topological polar surface area (TPSA) is 48.1 Å². The number of anilines is 1. The van der Waals surface area contributed by atoms with Crippen molar-refractivity contribution in [3.8, 4) is 0 Å². The van der Waals surface area contributed by atoms with Gasteiger partial charge in [-0.1, -0.05) is 24.6 Å². The minimum atomic E-state index is -0.0625. The molecule has 2 unspecified atom stereocenters. The van der Waals surface area contributed by atoms with Crippen LogP contribution in [0.15, 0.2) is 54.7 Å². The number of carbonyl (C=O) groups is 1. The number of hydrogen-bond donors (Lipinski definition) is 2. The summed E-state index contributed by atoms with van der Waals surface area (Å²) in [6, 6.07) is 16.3. The summed E-state index contributed by atoms with van der Waals surface area (Å²) in [4.78, 5) is 18.6. The largest absolute Gasteiger partial charge is 0.361 e. The molecule has 1 amide bonds. The van der Waals surface area contributed by atoms with E-state index in [4.69, 9.17) is 0 Å². The first-order valence-corrected chi connectivity index (χ1v) is 10.5. The highest BCUT2D eigenvalue weighted by atomic mass is 35.5. The summed E-state index contributed by atoms with van der Waals surface area (Å²) in [5, 5.41) is 4.30. The number of aromatic nitrogens is 1. The molecule has 152 valence electrons. The molecule has 0 bridgehead atoms. The van der Waals surface area contributed by atoms with Crippen molar-refractivity contribution >= 4 is 34.9 Å². The number of carbonyl (C=O) groups excluding carboxylic acids is 1. The number of H-pyrrole nitrogens is 1. The van der Waals surface area contributed by atoms with Crippen LogP contribution in [0.3, 0.4) is 0 Å². The minimum absolute atomic E-state index is 0. The molecule has 2 saturated heterocycles. The van der Waals surface area contributed by atoms with Gasteiger partial charge in [-0.15, -0.1) is 12.4 Å². The van der Waals surface area contributed by atoms with Crippen molar-refractivity contribution < 1.29 is 4.79 Å². The average Bonchev–Trinajstić information content (AvgIpc) is 3.17. The maximum absolute atomic E-state index is 12.5. The quantitative estimate of drug-likeness (QED) is 0.593. The summed E-state index contributed by atoms with van der Waals surface area (Å²) in [7, 11) is 0. The Labute approximate surface area is 178 Å². The number of amides is 1. The lowest BCUT2D eigenvalue weighted by atomic mass is 9.82. The van der Waals surface area contributed by atoms with Crippen LogP contribution in [-0.2, 0) is 0 Å². The van der Waals surface area contributed by atoms with Gasteiger partial charge in [0.25, 0.3) is 5.91 Å². The van der Waals surface area contributed by atoms with Crippen molar-refractivity contribution in [1.29, 1.82) is 0 Å². The molecule has 0 saturated carbocycles. The van der Waals surface area contributed by atoms with Gasteiger partial charge in [0.1, 0.15) is 0 Å². The van der Waals surface area contributed by atoms with Gasteiger partial charge < -0.3 is 15.2 Å². The lowest BCUT2D eigenvalue weighted by molar-refractivity contribution is 0.0977. The third-order valence-electron chi connectivity index (χ3n) is 6.52. The highest BCUT2D eigenvalue weighted by Crippen LogP contribution is 2.38. The zero-order valence-corrected chi connectivity index (χ0v) is 17.4. The molecule has 0 radical (unpaired) electrons. The van der Waals surface area contributed by atoms with Crippen LogP contribution in [0.25, 0.3) is 10.9 Å². The van der Waals surface area contributed by atoms with E-state index in [1.807, 2.05) is 36.4 Å². The maximum Gasteiger partial charge on any atom is 0.255 e. The average molecular weight is 410 g/mol. The lowest BCUT2D eigenvalue weighted by Gasteiger charge is -2.42. The Morgan fingerprint density at radius 1 is 1.03 bits per heavy atom. The van der Waals surface area contributed by atoms with E-state index in [1.54, 1.807) is 0 Å². The van der Waals surface area contributed by atoms with E-state index in [2.05, 4.69) is 33.5 Å². The van der Waals surface area contributed by atoms with Crippen molar-refractivity contribution in [2.75, 3.05) is 18.4 Å². The van der Waals surface area contributed by atoms with Crippen LogP contribution in [0.4, 0.5) is 5.69 Å². The summed E-state index contributed by atoms with van der Waals surface area (Å²) in [6.45, 7) is 2.49. The van der Waals surface area contributed by atoms with Crippen molar-refractivity contribution in [2.45, 2.75) is 44.1 Å². The zero-order chi connectivity index (χ0) is 18.9. The van der Waals surface area contributed by atoms with Crippen molar-refractivity contribution in [3.05, 3.63) is 65.9 Å². The van der Waals surface area contributed by atoms with Crippen molar-refractivity contribution in [2.24, 2.45) is 0 Å². The monoisotopic (exact) mass is 409 g/mol. The lowest BCUT2D eigenvalue weighted by Crippen LogP contribution is -2.44. The van der Waals surface area contributed by atoms with E-state index in [0.717, 1.165) is 17.2 Å². The van der Waals surface area contributed by atoms with Gasteiger partial charge in [0.15, 0.2) is 0 Å². The normalized spacial score (nSPS) is 21.9. The van der Waals surface area contributed by atoms with Gasteiger partial charge in [-0.2, -0.15) is 0 Å². The number of piperidine rings is 2. The second-order valence-corrected chi connectivity index (χ2v) is 8.23. The van der Waals surface area contributed by atoms with Gasteiger partial charge in [-0.05, 0) is 80.6 Å². The Kier molecular flexibility index (Phi) is 5.93. The molecule has 2 aromatic carbocycles. The van der Waals surface area contributed by atoms with E-state index in [-0.39, 0.29) is 18.3 Å². The number of hydrogen-bond acceptors (Lipinski definition) is 2. The molecule has 1 aromatic heterocycles. The summed E-state index contributed by atoms with van der Waals surface area (Å²) in [5.41, 5.74) is 4.11. The van der Waals surface area contributed by atoms with E-state index in [0.29, 0.717) is 11.5 Å². The molecule has 2 aliphatic heterocycles. The molecule has 3 heterocycles. The number of aromatic amines is 1. The molecule has 2 N–H and O–H groups in total. The van der Waals surface area contributed by atoms with Gasteiger partial charge in [-0.25, -0.2) is 0 Å². The molecule has 5 heteroatoms. The van der Waals surface area contributed by atoms with Crippen LogP contribution in [0.5, 0.6) is 0 Å². The Morgan fingerprint density at radius 2 is 1.90 bits per heavy atom. The SMILES string of the molecule is Cl.O=C(Nc1ccc2[nH]cc(C3CCN4CCCCC4C3)c2c1)c1ccccc1. The second kappa shape index (κ2) is 8.60. The first-order valence-electron chi connectivity index (χ1n) is 10.5. The first kappa shape index (κ1) is 20.0. The van der Waals surface area contributed by atoms with Crippen LogP contribution >= 0.6 is 12.4 Å². The molecule has 0 aliphatic carbocycles. The van der Waals surface area contributed by atoms with E-state index in [9.17, 15) is 4.79 Å². The smallest absolute Gasteiger partial charge is 0.255 e. The first-order chi connectivity index (χ1) is 13.8. The van der Waals surface area contributed by atoms with Crippen LogP contribution in [-0.4, -0.2) is 34.9 Å². The number of rotatable bonds is 3. The van der Waals surface area contributed by atoms with Crippen LogP contribution in [0, 0.1) is 0 Å². The van der Waals surface area contributed by atoms with Gasteiger partial charge in [-0.3, -0.25) is 4.79 Å². The highest BCUT2D eigenvalue weighted by molar-refractivity contribution is 6.05. The maximum atomic E-state index is 12.5. The number of nitrogens with one attached hydrogen (secondary N) is 2. The van der Waals surface area contributed by atoms with E-state index in [1.165, 1.54) is 56.1 Å². The summed E-state index contributed by atoms with van der Waals surface area (Å²) in [6.07, 6.45) is 8.75. The zero-order valence-electron chi connectivity index (χ0n) is 16.6. The summed E-state index contributed by atoms with van der Waals surface area (Å²) >= 11 is 0. The number of nitrogens with zero attached hydrogens (tertiary/aromatic N) is 1. The predicted octanol–water partition coefficient (Wildman–Crippen LogP) is 5.57. The van der Waals surface area contributed by atoms with Gasteiger partial charge in [0.2, 0.25) is 0 Å². The van der Waals surface area contributed by atoms with Crippen LogP contribution < -0.4 is 5.32 Å². The van der Waals surface area contributed by atoms with Crippen molar-refractivity contribution in [1.82, 2.24) is 9.88 Å². The Bertz CT molecular complexity index is 984. The van der Waals surface area contributed by atoms with Crippen LogP contribution in [0.2, 0.25) is 0 Å². The Balaban J connectivity index is 0.00000205. The minimum Gasteiger partial charge on any atom is -0.361 e. The third-order valence-corrected chi connectivity index (χ3v) is 6.52. The van der Waals surface area contributed by atoms with Crippen molar-refractivity contribution in [3.63, 3.8) is 0 Å². The van der Waals surface area contributed by atoms with Gasteiger partial charge in [0, 0.05) is 34.4 Å². The van der Waals surface area contributed by atoms with E-state index < -0.39 is 0 Å². The van der Waals surface area contributed by atoms with E-state index >= 15 is 0 Å². The fourth-order valence-corrected chi connectivity index (χ4v) is 5.02. The molecule has 2 aliphatic rings. The summed E-state index contributed by atoms with van der Waals surface area (Å²) < 4.78 is 0. The van der Waals surface area contributed by atoms with Crippen LogP contribution in [0.1, 0.15) is 53.9 Å². The number of halogens is 1. The molecule has 0 spiro atoms. The highest BCUT2D eigenvalue weighted by Gasteiger charge is 2.31. The molecular formula is C24H28ClN3O. The Hall–Kier alpha value is -2.30. The summed E-state index contributed by atoms with van der Waals surface area (Å²) in [5.74, 6) is 0.542. The second-order valence-electron chi connectivity index (χ2n) is 8.23. The predicted molar refractivity (Wildman–Crippen MR) is 121 cm³/mol. The third kappa shape index (κ3) is 4.05. The molecule has 2 atom stereocenters. The molecule has 3 aromatic rings. The molecular weight excluding hydrogens is 382 g/mol. The Morgan fingerprint density at radius 3 is 2.76 bits per heavy atom. The molecule has 29 heavy (non-hydrogen) atoms. The number of benzene rings is 2. The fourth-order valence-electron chi connectivity index (χ4n) is 5.02. The molecule has 4 nitrogen and oxygen atoms in total. The molecule has 2 fully saturated rings. The van der Waals surface area contributed by atoms with Gasteiger partial charge >= 0.3 is 0 Å². The van der Waals surface area contributed by atoms with Gasteiger partial charge in [0.05, 0.1) is 0 Å². The standard InChI is InChI=1S/C24H27N3O.ClH/c28-24(17-6-2-1-3-7-17)26-19-9-10-23-21(15-19)22(16-25-23)18-11-13-27-12-5-4-8-20(27)14-18;/h1-3,6-7,9-10,15-16,18,20,25H,4-5,8,11-14H2,(H,26,28);1H. The molecule has 5 rings (SSSR count). The fraction of sp³-hybridized carbons (Fsp3) is 0.375. The number of fused-ring (bicyclic) bond motifs is 2.